The first kappa shape index (κ1) is 15.7. The van der Waals surface area contributed by atoms with Crippen molar-refractivity contribution in [1.82, 2.24) is 4.98 Å². The van der Waals surface area contributed by atoms with Gasteiger partial charge in [-0.25, -0.2) is 4.79 Å². The molecule has 0 saturated carbocycles. The largest absolute Gasteiger partial charge is 0.478 e. The second kappa shape index (κ2) is 6.95. The van der Waals surface area contributed by atoms with Crippen molar-refractivity contribution in [1.29, 1.82) is 0 Å². The van der Waals surface area contributed by atoms with Gasteiger partial charge in [0.05, 0.1) is 5.56 Å². The van der Waals surface area contributed by atoms with Crippen LogP contribution in [-0.2, 0) is 19.3 Å². The van der Waals surface area contributed by atoms with E-state index in [1.807, 2.05) is 0 Å². The summed E-state index contributed by atoms with van der Waals surface area (Å²) in [4.78, 5) is 15.4. The molecule has 1 aliphatic rings. The molecule has 0 aliphatic heterocycles. The summed E-state index contributed by atoms with van der Waals surface area (Å²) in [6.45, 7) is 2.19. The number of rotatable bonds is 5. The van der Waals surface area contributed by atoms with Gasteiger partial charge in [-0.3, -0.25) is 4.98 Å². The van der Waals surface area contributed by atoms with Gasteiger partial charge < -0.3 is 5.11 Å². The molecule has 1 N–H and O–H groups in total. The molecule has 3 rings (SSSR count). The molecule has 1 aromatic carbocycles. The molecule has 3 heteroatoms. The number of pyridine rings is 1. The minimum Gasteiger partial charge on any atom is -0.478 e. The molecule has 1 unspecified atom stereocenters. The van der Waals surface area contributed by atoms with Gasteiger partial charge in [-0.05, 0) is 72.8 Å². The fourth-order valence-corrected chi connectivity index (χ4v) is 3.65. The Labute approximate surface area is 137 Å². The van der Waals surface area contributed by atoms with Gasteiger partial charge in [-0.15, -0.1) is 0 Å². The maximum atomic E-state index is 11.3. The van der Waals surface area contributed by atoms with Crippen LogP contribution in [0.5, 0.6) is 0 Å². The van der Waals surface area contributed by atoms with Gasteiger partial charge in [0.2, 0.25) is 0 Å². The molecule has 2 aromatic rings. The van der Waals surface area contributed by atoms with Crippen molar-refractivity contribution in [3.8, 4) is 0 Å². The monoisotopic (exact) mass is 309 g/mol. The van der Waals surface area contributed by atoms with Gasteiger partial charge in [0, 0.05) is 12.4 Å². The van der Waals surface area contributed by atoms with Gasteiger partial charge in [-0.1, -0.05) is 25.1 Å². The fraction of sp³-hybridized carbons (Fsp3) is 0.400. The van der Waals surface area contributed by atoms with Crippen molar-refractivity contribution in [2.45, 2.75) is 51.4 Å². The number of carboxylic acid groups (broad SMARTS) is 1. The third kappa shape index (κ3) is 3.44. The number of nitrogens with zero attached hydrogens (tertiary/aromatic N) is 1. The molecule has 1 atom stereocenters. The summed E-state index contributed by atoms with van der Waals surface area (Å²) in [5, 5.41) is 9.29. The highest BCUT2D eigenvalue weighted by Gasteiger charge is 2.21. The Bertz CT molecular complexity index is 709. The van der Waals surface area contributed by atoms with E-state index >= 15 is 0 Å². The number of aromatic nitrogens is 1. The lowest BCUT2D eigenvalue weighted by molar-refractivity contribution is 0.0695. The summed E-state index contributed by atoms with van der Waals surface area (Å²) in [6.07, 6.45) is 9.69. The van der Waals surface area contributed by atoms with Crippen LogP contribution >= 0.6 is 0 Å². The van der Waals surface area contributed by atoms with E-state index in [-0.39, 0.29) is 0 Å². The molecular weight excluding hydrogens is 286 g/mol. The van der Waals surface area contributed by atoms with Crippen molar-refractivity contribution >= 4 is 5.97 Å². The molecule has 1 heterocycles. The number of carbonyl (C=O) groups is 1. The van der Waals surface area contributed by atoms with Gasteiger partial charge in [0.25, 0.3) is 0 Å². The number of hydrogen-bond donors (Lipinski definition) is 1. The Morgan fingerprint density at radius 2 is 2.22 bits per heavy atom. The molecule has 120 valence electrons. The topological polar surface area (TPSA) is 50.2 Å². The molecule has 0 radical (unpaired) electrons. The lowest BCUT2D eigenvalue weighted by Gasteiger charge is -2.26. The lowest BCUT2D eigenvalue weighted by atomic mass is 9.79. The van der Waals surface area contributed by atoms with Gasteiger partial charge in [0.15, 0.2) is 0 Å². The number of aromatic carboxylic acids is 1. The van der Waals surface area contributed by atoms with E-state index in [4.69, 9.17) is 0 Å². The van der Waals surface area contributed by atoms with Crippen LogP contribution in [-0.4, -0.2) is 16.1 Å². The quantitative estimate of drug-likeness (QED) is 0.891. The molecule has 0 bridgehead atoms. The summed E-state index contributed by atoms with van der Waals surface area (Å²) < 4.78 is 0. The molecular formula is C20H23NO2. The van der Waals surface area contributed by atoms with Gasteiger partial charge >= 0.3 is 5.97 Å². The zero-order valence-electron chi connectivity index (χ0n) is 13.6. The van der Waals surface area contributed by atoms with Crippen molar-refractivity contribution in [3.05, 3.63) is 64.5 Å². The SMILES string of the molecule is CCc1ccc2c(c1)CCCC2CCc1cnccc1C(=O)O. The first-order valence-electron chi connectivity index (χ1n) is 8.47. The van der Waals surface area contributed by atoms with Crippen molar-refractivity contribution < 1.29 is 9.90 Å². The number of carboxylic acids is 1. The Morgan fingerprint density at radius 1 is 1.35 bits per heavy atom. The van der Waals surface area contributed by atoms with Crippen LogP contribution in [0.4, 0.5) is 0 Å². The second-order valence-corrected chi connectivity index (χ2v) is 6.35. The van der Waals surface area contributed by atoms with E-state index in [0.717, 1.165) is 24.8 Å². The summed E-state index contributed by atoms with van der Waals surface area (Å²) in [6, 6.07) is 8.48. The fourth-order valence-electron chi connectivity index (χ4n) is 3.65. The van der Waals surface area contributed by atoms with Crippen LogP contribution in [0.15, 0.2) is 36.7 Å². The zero-order valence-corrected chi connectivity index (χ0v) is 13.6. The molecule has 3 nitrogen and oxygen atoms in total. The smallest absolute Gasteiger partial charge is 0.336 e. The van der Waals surface area contributed by atoms with E-state index in [1.165, 1.54) is 36.0 Å². The standard InChI is InChI=1S/C20H23NO2/c1-2-14-6-9-18-15(4-3-5-16(18)12-14)7-8-17-13-21-11-10-19(17)20(22)23/h6,9-13,15H,2-5,7-8H2,1H3,(H,22,23). The van der Waals surface area contributed by atoms with E-state index < -0.39 is 5.97 Å². The Hall–Kier alpha value is -2.16. The molecule has 0 fully saturated rings. The average Bonchev–Trinajstić information content (AvgIpc) is 2.59. The van der Waals surface area contributed by atoms with Crippen LogP contribution < -0.4 is 0 Å². The number of benzene rings is 1. The van der Waals surface area contributed by atoms with Gasteiger partial charge in [-0.2, -0.15) is 0 Å². The van der Waals surface area contributed by atoms with E-state index in [2.05, 4.69) is 30.1 Å². The second-order valence-electron chi connectivity index (χ2n) is 6.35. The third-order valence-corrected chi connectivity index (χ3v) is 4.95. The predicted octanol–water partition coefficient (Wildman–Crippen LogP) is 4.39. The number of aryl methyl sites for hydroxylation is 3. The Kier molecular flexibility index (Phi) is 4.75. The van der Waals surface area contributed by atoms with Crippen LogP contribution in [0.25, 0.3) is 0 Å². The third-order valence-electron chi connectivity index (χ3n) is 4.95. The first-order chi connectivity index (χ1) is 11.2. The summed E-state index contributed by atoms with van der Waals surface area (Å²) >= 11 is 0. The highest BCUT2D eigenvalue weighted by atomic mass is 16.4. The predicted molar refractivity (Wildman–Crippen MR) is 91.0 cm³/mol. The molecule has 1 aromatic heterocycles. The van der Waals surface area contributed by atoms with Crippen molar-refractivity contribution in [3.63, 3.8) is 0 Å². The Morgan fingerprint density at radius 3 is 3.00 bits per heavy atom. The van der Waals surface area contributed by atoms with Crippen LogP contribution in [0, 0.1) is 0 Å². The zero-order chi connectivity index (χ0) is 16.2. The summed E-state index contributed by atoms with van der Waals surface area (Å²) in [5.41, 5.74) is 5.60. The number of hydrogen-bond acceptors (Lipinski definition) is 2. The molecule has 23 heavy (non-hydrogen) atoms. The lowest BCUT2D eigenvalue weighted by Crippen LogP contribution is -2.12. The summed E-state index contributed by atoms with van der Waals surface area (Å²) in [7, 11) is 0. The van der Waals surface area contributed by atoms with E-state index in [0.29, 0.717) is 11.5 Å². The van der Waals surface area contributed by atoms with Crippen LogP contribution in [0.1, 0.15) is 64.7 Å². The average molecular weight is 309 g/mol. The highest BCUT2D eigenvalue weighted by molar-refractivity contribution is 5.89. The maximum Gasteiger partial charge on any atom is 0.336 e. The van der Waals surface area contributed by atoms with E-state index in [1.54, 1.807) is 18.5 Å². The first-order valence-corrected chi connectivity index (χ1v) is 8.47. The minimum atomic E-state index is -0.862. The molecule has 0 saturated heterocycles. The normalized spacial score (nSPS) is 16.8. The van der Waals surface area contributed by atoms with Gasteiger partial charge in [0.1, 0.15) is 0 Å². The van der Waals surface area contributed by atoms with Crippen LogP contribution in [0.3, 0.4) is 0 Å². The number of fused-ring (bicyclic) bond motifs is 1. The van der Waals surface area contributed by atoms with E-state index in [9.17, 15) is 9.90 Å². The molecule has 1 aliphatic carbocycles. The minimum absolute atomic E-state index is 0.386. The van der Waals surface area contributed by atoms with Crippen LogP contribution in [0.2, 0.25) is 0 Å². The Balaban J connectivity index is 1.77. The maximum absolute atomic E-state index is 11.3. The summed E-state index contributed by atoms with van der Waals surface area (Å²) in [5.74, 6) is -0.328. The van der Waals surface area contributed by atoms with Crippen molar-refractivity contribution in [2.24, 2.45) is 0 Å². The molecule has 0 amide bonds. The van der Waals surface area contributed by atoms with Crippen molar-refractivity contribution in [2.75, 3.05) is 0 Å². The molecule has 0 spiro atoms. The highest BCUT2D eigenvalue weighted by Crippen LogP contribution is 2.35.